The zero-order valence-corrected chi connectivity index (χ0v) is 14.9. The fraction of sp³-hybridized carbons (Fsp3) is 0.250. The van der Waals surface area contributed by atoms with Crippen molar-refractivity contribution in [2.45, 2.75) is 20.3 Å². The van der Waals surface area contributed by atoms with Crippen molar-refractivity contribution in [1.29, 1.82) is 0 Å². The molecule has 0 spiro atoms. The molecule has 0 aliphatic heterocycles. The third-order valence-electron chi connectivity index (χ3n) is 3.82. The molecular formula is C20H22N2O4. The average Bonchev–Trinajstić information content (AvgIpc) is 2.64. The van der Waals surface area contributed by atoms with Crippen LogP contribution in [0.25, 0.3) is 11.1 Å². The third-order valence-corrected chi connectivity index (χ3v) is 3.82. The minimum Gasteiger partial charge on any atom is -0.480 e. The number of carboxylic acids is 1. The van der Waals surface area contributed by atoms with E-state index in [0.29, 0.717) is 12.0 Å². The second kappa shape index (κ2) is 8.80. The number of hydrogen-bond acceptors (Lipinski definition) is 3. The van der Waals surface area contributed by atoms with Crippen molar-refractivity contribution in [3.8, 4) is 11.1 Å². The smallest absolute Gasteiger partial charge is 0.324 e. The summed E-state index contributed by atoms with van der Waals surface area (Å²) in [6, 6.07) is 14.3. The Labute approximate surface area is 152 Å². The van der Waals surface area contributed by atoms with Crippen LogP contribution in [0.1, 0.15) is 29.3 Å². The summed E-state index contributed by atoms with van der Waals surface area (Å²) in [4.78, 5) is 36.6. The van der Waals surface area contributed by atoms with Gasteiger partial charge in [0.1, 0.15) is 6.54 Å². The van der Waals surface area contributed by atoms with Gasteiger partial charge in [0, 0.05) is 12.1 Å². The van der Waals surface area contributed by atoms with Crippen LogP contribution in [0.15, 0.2) is 48.5 Å². The van der Waals surface area contributed by atoms with Gasteiger partial charge in [-0.05, 0) is 36.6 Å². The van der Waals surface area contributed by atoms with E-state index in [0.717, 1.165) is 21.6 Å². The number of nitrogens with one attached hydrogen (secondary N) is 1. The topological polar surface area (TPSA) is 86.7 Å². The monoisotopic (exact) mass is 354 g/mol. The summed E-state index contributed by atoms with van der Waals surface area (Å²) in [6.45, 7) is 3.52. The lowest BCUT2D eigenvalue weighted by Gasteiger charge is -2.20. The molecule has 0 heterocycles. The van der Waals surface area contributed by atoms with E-state index in [9.17, 15) is 14.4 Å². The second-order valence-electron chi connectivity index (χ2n) is 5.96. The van der Waals surface area contributed by atoms with Crippen LogP contribution in [0.3, 0.4) is 0 Å². The Hall–Kier alpha value is -3.15. The molecule has 6 heteroatoms. The zero-order chi connectivity index (χ0) is 19.1. The molecule has 26 heavy (non-hydrogen) atoms. The number of imide groups is 1. The van der Waals surface area contributed by atoms with Crippen molar-refractivity contribution >= 4 is 17.9 Å². The number of hydrogen-bond donors (Lipinski definition) is 2. The van der Waals surface area contributed by atoms with E-state index in [1.54, 1.807) is 18.2 Å². The first-order valence-electron chi connectivity index (χ1n) is 8.41. The van der Waals surface area contributed by atoms with Crippen LogP contribution in [-0.2, 0) is 4.79 Å². The highest BCUT2D eigenvalue weighted by Crippen LogP contribution is 2.21. The number of carbonyl (C=O) groups excluding carboxylic acids is 2. The van der Waals surface area contributed by atoms with Gasteiger partial charge in [-0.25, -0.2) is 4.79 Å². The normalized spacial score (nSPS) is 10.2. The standard InChI is InChI=1S/C20H22N2O4/c1-3-11-22(20(26)21-13-18(23)24)19(25)17-6-4-5-16(12-17)15-9-7-14(2)8-10-15/h4-10,12H,3,11,13H2,1-2H3,(H,21,26)(H,23,24). The number of rotatable bonds is 6. The molecular weight excluding hydrogens is 332 g/mol. The van der Waals surface area contributed by atoms with Gasteiger partial charge >= 0.3 is 12.0 Å². The molecule has 0 atom stereocenters. The maximum Gasteiger partial charge on any atom is 0.324 e. The molecule has 0 radical (unpaired) electrons. The molecule has 136 valence electrons. The van der Waals surface area contributed by atoms with Gasteiger partial charge in [0.15, 0.2) is 0 Å². The van der Waals surface area contributed by atoms with E-state index >= 15 is 0 Å². The molecule has 2 rings (SSSR count). The summed E-state index contributed by atoms with van der Waals surface area (Å²) in [6.07, 6.45) is 0.573. The molecule has 2 N–H and O–H groups in total. The van der Waals surface area contributed by atoms with Crippen LogP contribution in [0.2, 0.25) is 0 Å². The van der Waals surface area contributed by atoms with Crippen LogP contribution in [0.5, 0.6) is 0 Å². The van der Waals surface area contributed by atoms with Gasteiger partial charge in [0.25, 0.3) is 5.91 Å². The number of benzene rings is 2. The summed E-state index contributed by atoms with van der Waals surface area (Å²) in [5, 5.41) is 10.9. The molecule has 0 unspecified atom stereocenters. The maximum atomic E-state index is 12.8. The Morgan fingerprint density at radius 1 is 1.04 bits per heavy atom. The molecule has 0 saturated heterocycles. The summed E-state index contributed by atoms with van der Waals surface area (Å²) in [5.74, 6) is -1.62. The van der Waals surface area contributed by atoms with E-state index in [1.807, 2.05) is 44.2 Å². The fourth-order valence-electron chi connectivity index (χ4n) is 2.50. The van der Waals surface area contributed by atoms with E-state index in [-0.39, 0.29) is 6.54 Å². The number of amides is 3. The molecule has 6 nitrogen and oxygen atoms in total. The number of aliphatic carboxylic acids is 1. The quantitative estimate of drug-likeness (QED) is 0.833. The molecule has 0 bridgehead atoms. The highest BCUT2D eigenvalue weighted by Gasteiger charge is 2.22. The first-order chi connectivity index (χ1) is 12.4. The summed E-state index contributed by atoms with van der Waals surface area (Å²) >= 11 is 0. The van der Waals surface area contributed by atoms with E-state index in [2.05, 4.69) is 5.32 Å². The largest absolute Gasteiger partial charge is 0.480 e. The van der Waals surface area contributed by atoms with E-state index < -0.39 is 24.5 Å². The Balaban J connectivity index is 2.25. The average molecular weight is 354 g/mol. The third kappa shape index (κ3) is 4.92. The van der Waals surface area contributed by atoms with E-state index in [1.165, 1.54) is 0 Å². The van der Waals surface area contributed by atoms with Crippen molar-refractivity contribution in [2.75, 3.05) is 13.1 Å². The molecule has 0 aliphatic carbocycles. The minimum atomic E-state index is -1.16. The van der Waals surface area contributed by atoms with Crippen LogP contribution in [0, 0.1) is 6.92 Å². The molecule has 0 saturated carbocycles. The van der Waals surface area contributed by atoms with Gasteiger partial charge in [0.2, 0.25) is 0 Å². The van der Waals surface area contributed by atoms with Gasteiger partial charge < -0.3 is 10.4 Å². The van der Waals surface area contributed by atoms with Gasteiger partial charge in [-0.1, -0.05) is 48.9 Å². The van der Waals surface area contributed by atoms with Crippen LogP contribution in [-0.4, -0.2) is 41.0 Å². The molecule has 0 fully saturated rings. The zero-order valence-electron chi connectivity index (χ0n) is 14.9. The molecule has 2 aromatic rings. The lowest BCUT2D eigenvalue weighted by molar-refractivity contribution is -0.135. The van der Waals surface area contributed by atoms with Crippen molar-refractivity contribution in [3.05, 3.63) is 59.7 Å². The summed E-state index contributed by atoms with van der Waals surface area (Å²) in [5.41, 5.74) is 3.37. The molecule has 3 amide bonds. The predicted molar refractivity (Wildman–Crippen MR) is 99.0 cm³/mol. The number of urea groups is 1. The first-order valence-corrected chi connectivity index (χ1v) is 8.41. The summed E-state index contributed by atoms with van der Waals surface area (Å²) in [7, 11) is 0. The molecule has 2 aromatic carbocycles. The Bertz CT molecular complexity index is 800. The molecule has 0 aliphatic rings. The number of aryl methyl sites for hydroxylation is 1. The lowest BCUT2D eigenvalue weighted by Crippen LogP contribution is -2.45. The number of carboxylic acid groups (broad SMARTS) is 1. The number of nitrogens with zero attached hydrogens (tertiary/aromatic N) is 1. The highest BCUT2D eigenvalue weighted by atomic mass is 16.4. The lowest BCUT2D eigenvalue weighted by atomic mass is 10.0. The van der Waals surface area contributed by atoms with Gasteiger partial charge in [-0.2, -0.15) is 0 Å². The Morgan fingerprint density at radius 2 is 1.73 bits per heavy atom. The van der Waals surface area contributed by atoms with E-state index in [4.69, 9.17) is 5.11 Å². The minimum absolute atomic E-state index is 0.207. The highest BCUT2D eigenvalue weighted by molar-refractivity contribution is 6.05. The maximum absolute atomic E-state index is 12.8. The Morgan fingerprint density at radius 3 is 2.35 bits per heavy atom. The van der Waals surface area contributed by atoms with Crippen LogP contribution < -0.4 is 5.32 Å². The van der Waals surface area contributed by atoms with Gasteiger partial charge in [-0.15, -0.1) is 0 Å². The summed E-state index contributed by atoms with van der Waals surface area (Å²) < 4.78 is 0. The molecule has 0 aromatic heterocycles. The first kappa shape index (κ1) is 19.2. The van der Waals surface area contributed by atoms with Gasteiger partial charge in [0.05, 0.1) is 0 Å². The van der Waals surface area contributed by atoms with Crippen LogP contribution >= 0.6 is 0 Å². The van der Waals surface area contributed by atoms with Crippen molar-refractivity contribution < 1.29 is 19.5 Å². The Kier molecular flexibility index (Phi) is 6.49. The predicted octanol–water partition coefficient (Wildman–Crippen LogP) is 3.31. The number of carbonyl (C=O) groups is 3. The van der Waals surface area contributed by atoms with Crippen molar-refractivity contribution in [1.82, 2.24) is 10.2 Å². The van der Waals surface area contributed by atoms with Crippen molar-refractivity contribution in [3.63, 3.8) is 0 Å². The second-order valence-corrected chi connectivity index (χ2v) is 5.96. The van der Waals surface area contributed by atoms with Crippen molar-refractivity contribution in [2.24, 2.45) is 0 Å². The fourth-order valence-corrected chi connectivity index (χ4v) is 2.50. The SMILES string of the molecule is CCCN(C(=O)NCC(=O)O)C(=O)c1cccc(-c2ccc(C)cc2)c1. The van der Waals surface area contributed by atoms with Gasteiger partial charge in [-0.3, -0.25) is 14.5 Å². The van der Waals surface area contributed by atoms with Crippen LogP contribution in [0.4, 0.5) is 4.79 Å².